The molecule has 0 radical (unpaired) electrons. The number of ether oxygens (including phenoxy) is 1. The van der Waals surface area contributed by atoms with Crippen LogP contribution in [0.3, 0.4) is 0 Å². The molecule has 6 nitrogen and oxygen atoms in total. The van der Waals surface area contributed by atoms with Crippen molar-refractivity contribution in [1.29, 1.82) is 0 Å². The van der Waals surface area contributed by atoms with Crippen LogP contribution in [-0.4, -0.2) is 61.4 Å². The summed E-state index contributed by atoms with van der Waals surface area (Å²) in [7, 11) is 0. The summed E-state index contributed by atoms with van der Waals surface area (Å²) in [4.78, 5) is 27.6. The highest BCUT2D eigenvalue weighted by Gasteiger charge is 2.29. The molecule has 8 heteroatoms. The van der Waals surface area contributed by atoms with E-state index >= 15 is 0 Å². The Morgan fingerprint density at radius 1 is 1.40 bits per heavy atom. The highest BCUT2D eigenvalue weighted by Crippen LogP contribution is 2.38. The lowest BCUT2D eigenvalue weighted by atomic mass is 10.2. The summed E-state index contributed by atoms with van der Waals surface area (Å²) in [5.41, 5.74) is 0.713. The second-order valence-corrected chi connectivity index (χ2v) is 7.78. The van der Waals surface area contributed by atoms with Gasteiger partial charge in [-0.15, -0.1) is 11.8 Å². The number of anilines is 1. The average molecular weight is 384 g/mol. The van der Waals surface area contributed by atoms with Crippen LogP contribution in [0.15, 0.2) is 23.1 Å². The van der Waals surface area contributed by atoms with Crippen LogP contribution in [0.5, 0.6) is 0 Å². The fourth-order valence-electron chi connectivity index (χ4n) is 2.85. The van der Waals surface area contributed by atoms with E-state index in [4.69, 9.17) is 16.3 Å². The summed E-state index contributed by atoms with van der Waals surface area (Å²) in [5, 5.41) is 5.91. The molecule has 1 aromatic rings. The number of hydrogen-bond acceptors (Lipinski definition) is 5. The summed E-state index contributed by atoms with van der Waals surface area (Å²) in [6.07, 6.45) is 1.08. The van der Waals surface area contributed by atoms with E-state index in [1.807, 2.05) is 6.07 Å². The van der Waals surface area contributed by atoms with E-state index in [1.165, 1.54) is 11.8 Å². The highest BCUT2D eigenvalue weighted by atomic mass is 35.5. The zero-order valence-electron chi connectivity index (χ0n) is 13.9. The number of halogens is 1. The second-order valence-electron chi connectivity index (χ2n) is 6.10. The maximum absolute atomic E-state index is 12.2. The van der Waals surface area contributed by atoms with Gasteiger partial charge < -0.3 is 15.4 Å². The van der Waals surface area contributed by atoms with E-state index < -0.39 is 5.25 Å². The molecule has 2 N–H and O–H groups in total. The Labute approximate surface area is 156 Å². The molecule has 2 aliphatic heterocycles. The summed E-state index contributed by atoms with van der Waals surface area (Å²) >= 11 is 7.35. The van der Waals surface area contributed by atoms with Gasteiger partial charge in [0.1, 0.15) is 0 Å². The van der Waals surface area contributed by atoms with Gasteiger partial charge in [-0.2, -0.15) is 0 Å². The molecule has 2 heterocycles. The Kier molecular flexibility index (Phi) is 6.58. The molecule has 0 aromatic heterocycles. The molecule has 2 aliphatic rings. The van der Waals surface area contributed by atoms with Crippen LogP contribution in [0.4, 0.5) is 5.69 Å². The fourth-order valence-corrected chi connectivity index (χ4v) is 4.12. The van der Waals surface area contributed by atoms with E-state index in [1.54, 1.807) is 12.1 Å². The van der Waals surface area contributed by atoms with Crippen LogP contribution in [0.2, 0.25) is 5.02 Å². The van der Waals surface area contributed by atoms with Crippen LogP contribution >= 0.6 is 23.4 Å². The molecule has 1 saturated heterocycles. The molecule has 25 heavy (non-hydrogen) atoms. The van der Waals surface area contributed by atoms with Crippen molar-refractivity contribution >= 4 is 40.9 Å². The minimum Gasteiger partial charge on any atom is -0.379 e. The molecule has 1 atom stereocenters. The number of rotatable bonds is 6. The molecular formula is C17H22ClN3O3S. The number of carbonyl (C=O) groups is 2. The molecule has 0 saturated carbocycles. The number of benzene rings is 1. The minimum absolute atomic E-state index is 0.0907. The predicted molar refractivity (Wildman–Crippen MR) is 99.2 cm³/mol. The fraction of sp³-hybridized carbons (Fsp3) is 0.529. The van der Waals surface area contributed by atoms with Gasteiger partial charge in [-0.3, -0.25) is 14.5 Å². The predicted octanol–water partition coefficient (Wildman–Crippen LogP) is 1.98. The average Bonchev–Trinajstić information content (AvgIpc) is 2.60. The number of fused-ring (bicyclic) bond motifs is 1. The molecule has 3 rings (SSSR count). The third kappa shape index (κ3) is 5.34. The van der Waals surface area contributed by atoms with E-state index in [2.05, 4.69) is 15.5 Å². The molecule has 0 aliphatic carbocycles. The molecule has 1 fully saturated rings. The van der Waals surface area contributed by atoms with Crippen LogP contribution in [0.25, 0.3) is 0 Å². The van der Waals surface area contributed by atoms with Crippen molar-refractivity contribution < 1.29 is 14.3 Å². The first-order chi connectivity index (χ1) is 12.1. The third-order valence-electron chi connectivity index (χ3n) is 4.21. The number of morpholine rings is 1. The molecule has 2 amide bonds. The van der Waals surface area contributed by atoms with E-state index in [0.29, 0.717) is 17.3 Å². The van der Waals surface area contributed by atoms with Gasteiger partial charge in [0.15, 0.2) is 0 Å². The van der Waals surface area contributed by atoms with Gasteiger partial charge in [0.05, 0.1) is 24.2 Å². The van der Waals surface area contributed by atoms with Gasteiger partial charge in [-0.25, -0.2) is 0 Å². The van der Waals surface area contributed by atoms with Crippen LogP contribution < -0.4 is 10.6 Å². The molecule has 0 bridgehead atoms. The largest absolute Gasteiger partial charge is 0.379 e. The summed E-state index contributed by atoms with van der Waals surface area (Å²) in [6.45, 7) is 5.06. The summed E-state index contributed by atoms with van der Waals surface area (Å²) in [6, 6.07) is 5.38. The van der Waals surface area contributed by atoms with Crippen molar-refractivity contribution in [3.8, 4) is 0 Å². The smallest absolute Gasteiger partial charge is 0.238 e. The quantitative estimate of drug-likeness (QED) is 0.735. The number of hydrogen-bond donors (Lipinski definition) is 2. The number of nitrogens with zero attached hydrogens (tertiary/aromatic N) is 1. The van der Waals surface area contributed by atoms with Crippen LogP contribution in [0, 0.1) is 0 Å². The first kappa shape index (κ1) is 18.5. The summed E-state index contributed by atoms with van der Waals surface area (Å²) in [5.74, 6) is -0.240. The zero-order valence-corrected chi connectivity index (χ0v) is 15.5. The Morgan fingerprint density at radius 2 is 2.20 bits per heavy atom. The van der Waals surface area contributed by atoms with Gasteiger partial charge in [-0.1, -0.05) is 11.6 Å². The molecule has 136 valence electrons. The van der Waals surface area contributed by atoms with Crippen LogP contribution in [-0.2, 0) is 14.3 Å². The Balaban J connectivity index is 1.40. The molecule has 0 spiro atoms. The van der Waals surface area contributed by atoms with Crippen molar-refractivity contribution in [2.45, 2.75) is 23.0 Å². The van der Waals surface area contributed by atoms with Gasteiger partial charge in [-0.05, 0) is 31.2 Å². The first-order valence-electron chi connectivity index (χ1n) is 8.46. The van der Waals surface area contributed by atoms with Crippen molar-refractivity contribution in [2.75, 3.05) is 44.7 Å². The standard InChI is InChI=1S/C17H22ClN3O3S/c18-12-2-3-14-13(10-12)20-17(23)15(25-14)11-16(22)19-4-1-5-21-6-8-24-9-7-21/h2-3,10,15H,1,4-9,11H2,(H,19,22)(H,20,23). The maximum Gasteiger partial charge on any atom is 0.238 e. The van der Waals surface area contributed by atoms with Crippen molar-refractivity contribution in [2.24, 2.45) is 0 Å². The zero-order chi connectivity index (χ0) is 17.6. The highest BCUT2D eigenvalue weighted by molar-refractivity contribution is 8.01. The van der Waals surface area contributed by atoms with Gasteiger partial charge in [0.2, 0.25) is 11.8 Å². The van der Waals surface area contributed by atoms with Crippen molar-refractivity contribution in [3.05, 3.63) is 23.2 Å². The normalized spacial score (nSPS) is 20.7. The Morgan fingerprint density at radius 3 is 3.00 bits per heavy atom. The van der Waals surface area contributed by atoms with Gasteiger partial charge in [0.25, 0.3) is 0 Å². The van der Waals surface area contributed by atoms with Crippen LogP contribution in [0.1, 0.15) is 12.8 Å². The topological polar surface area (TPSA) is 70.7 Å². The Hall–Kier alpha value is -1.28. The van der Waals surface area contributed by atoms with Crippen molar-refractivity contribution in [3.63, 3.8) is 0 Å². The first-order valence-corrected chi connectivity index (χ1v) is 9.71. The monoisotopic (exact) mass is 383 g/mol. The Bertz CT molecular complexity index is 638. The SMILES string of the molecule is O=C(CC1Sc2ccc(Cl)cc2NC1=O)NCCCN1CCOCC1. The molecule has 1 unspecified atom stereocenters. The number of amides is 2. The number of thioether (sulfide) groups is 1. The molecular weight excluding hydrogens is 362 g/mol. The van der Waals surface area contributed by atoms with Gasteiger partial charge >= 0.3 is 0 Å². The van der Waals surface area contributed by atoms with E-state index in [-0.39, 0.29) is 18.2 Å². The van der Waals surface area contributed by atoms with Gasteiger partial charge in [0, 0.05) is 36.0 Å². The van der Waals surface area contributed by atoms with E-state index in [0.717, 1.165) is 44.2 Å². The maximum atomic E-state index is 12.2. The summed E-state index contributed by atoms with van der Waals surface area (Å²) < 4.78 is 5.31. The lowest BCUT2D eigenvalue weighted by Crippen LogP contribution is -2.39. The second kappa shape index (κ2) is 8.89. The lowest BCUT2D eigenvalue weighted by Gasteiger charge is -2.26. The van der Waals surface area contributed by atoms with Crippen molar-refractivity contribution in [1.82, 2.24) is 10.2 Å². The molecule has 1 aromatic carbocycles. The number of carbonyl (C=O) groups excluding carboxylic acids is 2. The minimum atomic E-state index is -0.409. The number of nitrogens with one attached hydrogen (secondary N) is 2. The van der Waals surface area contributed by atoms with E-state index in [9.17, 15) is 9.59 Å². The third-order valence-corrected chi connectivity index (χ3v) is 5.72. The lowest BCUT2D eigenvalue weighted by molar-refractivity contribution is -0.124.